The molecule has 0 saturated heterocycles. The number of aryl methyl sites for hydroxylation is 1. The first kappa shape index (κ1) is 16.4. The molecule has 1 aromatic rings. The van der Waals surface area contributed by atoms with Crippen molar-refractivity contribution < 1.29 is 19.4 Å². The standard InChI is InChI=1S/C12H19N3O4S/c1-7-6-20-11(14-7)8(2)15-12(18)13-5-9(19-3)4-10(16)17/h6,8-9H,4-5H2,1-3H3,(H,16,17)(H2,13,15,18). The van der Waals surface area contributed by atoms with Gasteiger partial charge >= 0.3 is 12.0 Å². The van der Waals surface area contributed by atoms with Crippen molar-refractivity contribution in [2.75, 3.05) is 13.7 Å². The van der Waals surface area contributed by atoms with E-state index in [4.69, 9.17) is 9.84 Å². The van der Waals surface area contributed by atoms with E-state index >= 15 is 0 Å². The average molecular weight is 301 g/mol. The van der Waals surface area contributed by atoms with Gasteiger partial charge in [0.05, 0.1) is 18.6 Å². The molecule has 1 aromatic heterocycles. The Bertz CT molecular complexity index is 463. The monoisotopic (exact) mass is 301 g/mol. The highest BCUT2D eigenvalue weighted by atomic mass is 32.1. The number of thiazole rings is 1. The molecule has 2 amide bonds. The number of aliphatic carboxylic acids is 1. The van der Waals surface area contributed by atoms with Crippen LogP contribution < -0.4 is 10.6 Å². The van der Waals surface area contributed by atoms with Gasteiger partial charge in [0.25, 0.3) is 0 Å². The number of urea groups is 1. The molecule has 0 saturated carbocycles. The minimum absolute atomic E-state index is 0.137. The van der Waals surface area contributed by atoms with Crippen LogP contribution in [0.25, 0.3) is 0 Å². The van der Waals surface area contributed by atoms with Crippen LogP contribution in [0.1, 0.15) is 30.1 Å². The molecule has 3 N–H and O–H groups in total. The maximum Gasteiger partial charge on any atom is 0.315 e. The van der Waals surface area contributed by atoms with Crippen LogP contribution in [-0.2, 0) is 9.53 Å². The van der Waals surface area contributed by atoms with Crippen molar-refractivity contribution in [3.8, 4) is 0 Å². The molecule has 0 aliphatic rings. The molecule has 20 heavy (non-hydrogen) atoms. The Morgan fingerprint density at radius 3 is 2.75 bits per heavy atom. The van der Waals surface area contributed by atoms with Gasteiger partial charge in [0.15, 0.2) is 0 Å². The molecule has 0 fully saturated rings. The van der Waals surface area contributed by atoms with Gasteiger partial charge in [-0.3, -0.25) is 4.79 Å². The second kappa shape index (κ2) is 7.81. The largest absolute Gasteiger partial charge is 0.481 e. The van der Waals surface area contributed by atoms with E-state index < -0.39 is 12.1 Å². The van der Waals surface area contributed by atoms with E-state index in [0.29, 0.717) is 0 Å². The summed E-state index contributed by atoms with van der Waals surface area (Å²) < 4.78 is 4.97. The van der Waals surface area contributed by atoms with Gasteiger partial charge in [-0.2, -0.15) is 0 Å². The number of carboxylic acids is 1. The van der Waals surface area contributed by atoms with E-state index in [9.17, 15) is 9.59 Å². The predicted octanol–water partition coefficient (Wildman–Crippen LogP) is 1.30. The lowest BCUT2D eigenvalue weighted by atomic mass is 10.2. The summed E-state index contributed by atoms with van der Waals surface area (Å²) in [6.07, 6.45) is -0.700. The van der Waals surface area contributed by atoms with Gasteiger partial charge in [0.1, 0.15) is 5.01 Å². The van der Waals surface area contributed by atoms with Gasteiger partial charge in [0.2, 0.25) is 0 Å². The Morgan fingerprint density at radius 1 is 1.55 bits per heavy atom. The third-order valence-corrected chi connectivity index (χ3v) is 3.73. The maximum atomic E-state index is 11.7. The molecule has 8 heteroatoms. The summed E-state index contributed by atoms with van der Waals surface area (Å²) >= 11 is 1.48. The van der Waals surface area contributed by atoms with Gasteiger partial charge in [-0.1, -0.05) is 0 Å². The molecule has 0 aromatic carbocycles. The first-order chi connectivity index (χ1) is 9.42. The highest BCUT2D eigenvalue weighted by Gasteiger charge is 2.16. The lowest BCUT2D eigenvalue weighted by Gasteiger charge is -2.16. The number of amides is 2. The van der Waals surface area contributed by atoms with Crippen molar-refractivity contribution in [1.82, 2.24) is 15.6 Å². The molecule has 7 nitrogen and oxygen atoms in total. The Kier molecular flexibility index (Phi) is 6.40. The fraction of sp³-hybridized carbons (Fsp3) is 0.583. The van der Waals surface area contributed by atoms with Gasteiger partial charge in [-0.05, 0) is 13.8 Å². The molecule has 0 radical (unpaired) electrons. The Labute approximate surface area is 121 Å². The SMILES string of the molecule is COC(CNC(=O)NC(C)c1nc(C)cs1)CC(=O)O. The minimum atomic E-state index is -0.967. The van der Waals surface area contributed by atoms with E-state index in [0.717, 1.165) is 10.7 Å². The van der Waals surface area contributed by atoms with Crippen LogP contribution in [0.4, 0.5) is 4.79 Å². The number of nitrogens with one attached hydrogen (secondary N) is 2. The molecule has 2 atom stereocenters. The van der Waals surface area contributed by atoms with E-state index in [1.165, 1.54) is 18.4 Å². The molecular formula is C12H19N3O4S. The van der Waals surface area contributed by atoms with Crippen molar-refractivity contribution in [3.63, 3.8) is 0 Å². The maximum absolute atomic E-state index is 11.7. The first-order valence-corrected chi connectivity index (χ1v) is 7.01. The van der Waals surface area contributed by atoms with E-state index in [1.54, 1.807) is 0 Å². The van der Waals surface area contributed by atoms with Crippen LogP contribution in [0.5, 0.6) is 0 Å². The van der Waals surface area contributed by atoms with Crippen LogP contribution in [0.2, 0.25) is 0 Å². The van der Waals surface area contributed by atoms with Crippen molar-refractivity contribution in [2.45, 2.75) is 32.4 Å². The third kappa shape index (κ3) is 5.54. The van der Waals surface area contributed by atoms with Gasteiger partial charge in [0, 0.05) is 24.7 Å². The number of rotatable bonds is 7. The van der Waals surface area contributed by atoms with Gasteiger partial charge < -0.3 is 20.5 Å². The fourth-order valence-electron chi connectivity index (χ4n) is 1.52. The molecule has 0 bridgehead atoms. The van der Waals surface area contributed by atoms with Crippen molar-refractivity contribution in [3.05, 3.63) is 16.1 Å². The molecule has 0 aliphatic carbocycles. The topological polar surface area (TPSA) is 101 Å². The van der Waals surface area contributed by atoms with Crippen LogP contribution in [0.3, 0.4) is 0 Å². The molecule has 0 aliphatic heterocycles. The van der Waals surface area contributed by atoms with Crippen LogP contribution in [0.15, 0.2) is 5.38 Å². The summed E-state index contributed by atoms with van der Waals surface area (Å²) in [5, 5.41) is 16.7. The Balaban J connectivity index is 2.37. The molecule has 0 spiro atoms. The van der Waals surface area contributed by atoms with E-state index in [2.05, 4.69) is 15.6 Å². The number of ether oxygens (including phenoxy) is 1. The normalized spacial score (nSPS) is 13.6. The zero-order valence-electron chi connectivity index (χ0n) is 11.7. The second-order valence-electron chi connectivity index (χ2n) is 4.36. The summed E-state index contributed by atoms with van der Waals surface area (Å²) in [5.74, 6) is -0.967. The van der Waals surface area contributed by atoms with Crippen molar-refractivity contribution in [2.24, 2.45) is 0 Å². The Hall–Kier alpha value is -1.67. The minimum Gasteiger partial charge on any atom is -0.481 e. The number of aromatic nitrogens is 1. The van der Waals surface area contributed by atoms with Gasteiger partial charge in [-0.25, -0.2) is 9.78 Å². The number of nitrogens with zero attached hydrogens (tertiary/aromatic N) is 1. The third-order valence-electron chi connectivity index (χ3n) is 2.58. The zero-order chi connectivity index (χ0) is 15.1. The summed E-state index contributed by atoms with van der Waals surface area (Å²) in [4.78, 5) is 26.5. The molecule has 1 rings (SSSR count). The number of carbonyl (C=O) groups excluding carboxylic acids is 1. The fourth-order valence-corrected chi connectivity index (χ4v) is 2.32. The van der Waals surface area contributed by atoms with Crippen LogP contribution >= 0.6 is 11.3 Å². The highest BCUT2D eigenvalue weighted by molar-refractivity contribution is 7.09. The molecular weight excluding hydrogens is 282 g/mol. The smallest absolute Gasteiger partial charge is 0.315 e. The lowest BCUT2D eigenvalue weighted by molar-refractivity contribution is -0.139. The van der Waals surface area contributed by atoms with Gasteiger partial charge in [-0.15, -0.1) is 11.3 Å². The number of carbonyl (C=O) groups is 2. The second-order valence-corrected chi connectivity index (χ2v) is 5.25. The summed E-state index contributed by atoms with van der Waals surface area (Å²) in [6.45, 7) is 3.86. The Morgan fingerprint density at radius 2 is 2.25 bits per heavy atom. The number of methoxy groups -OCH3 is 1. The van der Waals surface area contributed by atoms with E-state index in [-0.39, 0.29) is 25.0 Å². The predicted molar refractivity (Wildman–Crippen MR) is 74.9 cm³/mol. The van der Waals surface area contributed by atoms with Crippen molar-refractivity contribution >= 4 is 23.3 Å². The first-order valence-electron chi connectivity index (χ1n) is 6.13. The lowest BCUT2D eigenvalue weighted by Crippen LogP contribution is -2.41. The zero-order valence-corrected chi connectivity index (χ0v) is 12.5. The summed E-state index contributed by atoms with van der Waals surface area (Å²) in [7, 11) is 1.41. The number of carboxylic acid groups (broad SMARTS) is 1. The summed E-state index contributed by atoms with van der Waals surface area (Å²) in [6, 6.07) is -0.577. The number of hydrogen-bond acceptors (Lipinski definition) is 5. The van der Waals surface area contributed by atoms with Crippen LogP contribution in [0, 0.1) is 6.92 Å². The molecule has 2 unspecified atom stereocenters. The molecule has 112 valence electrons. The number of hydrogen-bond donors (Lipinski definition) is 3. The summed E-state index contributed by atoms with van der Waals surface area (Å²) in [5.41, 5.74) is 0.917. The highest BCUT2D eigenvalue weighted by Crippen LogP contribution is 2.16. The van der Waals surface area contributed by atoms with Crippen molar-refractivity contribution in [1.29, 1.82) is 0 Å². The van der Waals surface area contributed by atoms with E-state index in [1.807, 2.05) is 19.2 Å². The quantitative estimate of drug-likeness (QED) is 0.705. The average Bonchev–Trinajstić information content (AvgIpc) is 2.80. The van der Waals surface area contributed by atoms with Crippen LogP contribution in [-0.4, -0.2) is 41.8 Å². The molecule has 1 heterocycles.